The summed E-state index contributed by atoms with van der Waals surface area (Å²) in [5, 5.41) is 2.96. The lowest BCUT2D eigenvalue weighted by Gasteiger charge is -2.35. The van der Waals surface area contributed by atoms with Crippen molar-refractivity contribution < 1.29 is 18.7 Å². The number of nitrogens with one attached hydrogen (secondary N) is 1. The summed E-state index contributed by atoms with van der Waals surface area (Å²) in [6.45, 7) is 6.72. The highest BCUT2D eigenvalue weighted by Crippen LogP contribution is 2.20. The van der Waals surface area contributed by atoms with E-state index in [0.717, 1.165) is 25.1 Å². The SMILES string of the molecule is CN(CC(=O)NC1CCCN(c2cccc(F)c2)C1)C(=O)OC(C)(C)C. The van der Waals surface area contributed by atoms with Gasteiger partial charge in [0, 0.05) is 31.9 Å². The second-order valence-corrected chi connectivity index (χ2v) is 7.67. The lowest BCUT2D eigenvalue weighted by Crippen LogP contribution is -2.50. The minimum absolute atomic E-state index is 0.0356. The van der Waals surface area contributed by atoms with E-state index in [9.17, 15) is 14.0 Å². The molecule has 1 unspecified atom stereocenters. The van der Waals surface area contributed by atoms with Gasteiger partial charge in [0.15, 0.2) is 0 Å². The van der Waals surface area contributed by atoms with Gasteiger partial charge in [-0.15, -0.1) is 0 Å². The summed E-state index contributed by atoms with van der Waals surface area (Å²) >= 11 is 0. The molecule has 1 saturated heterocycles. The number of amides is 2. The highest BCUT2D eigenvalue weighted by Gasteiger charge is 2.24. The minimum Gasteiger partial charge on any atom is -0.444 e. The maximum Gasteiger partial charge on any atom is 0.410 e. The molecule has 1 atom stereocenters. The largest absolute Gasteiger partial charge is 0.444 e. The molecule has 7 heteroatoms. The third-order valence-electron chi connectivity index (χ3n) is 4.05. The molecule has 0 bridgehead atoms. The van der Waals surface area contributed by atoms with E-state index in [1.54, 1.807) is 26.8 Å². The van der Waals surface area contributed by atoms with E-state index in [0.29, 0.717) is 6.54 Å². The van der Waals surface area contributed by atoms with Gasteiger partial charge in [-0.05, 0) is 51.8 Å². The zero-order valence-corrected chi connectivity index (χ0v) is 15.9. The van der Waals surface area contributed by atoms with E-state index in [1.807, 2.05) is 6.07 Å². The number of rotatable bonds is 4. The molecule has 2 amide bonds. The molecule has 6 nitrogen and oxygen atoms in total. The summed E-state index contributed by atoms with van der Waals surface area (Å²) in [4.78, 5) is 27.5. The maximum absolute atomic E-state index is 13.4. The monoisotopic (exact) mass is 365 g/mol. The molecule has 0 spiro atoms. The van der Waals surface area contributed by atoms with E-state index in [4.69, 9.17) is 4.74 Å². The minimum atomic E-state index is -0.601. The van der Waals surface area contributed by atoms with E-state index >= 15 is 0 Å². The molecule has 0 saturated carbocycles. The normalized spacial score (nSPS) is 17.6. The Bertz CT molecular complexity index is 645. The Morgan fingerprint density at radius 2 is 2.12 bits per heavy atom. The van der Waals surface area contributed by atoms with Crippen molar-refractivity contribution in [2.45, 2.75) is 45.3 Å². The Balaban J connectivity index is 1.85. The zero-order valence-electron chi connectivity index (χ0n) is 15.9. The van der Waals surface area contributed by atoms with E-state index in [2.05, 4.69) is 10.2 Å². The number of nitrogens with zero attached hydrogens (tertiary/aromatic N) is 2. The molecule has 1 aromatic carbocycles. The third kappa shape index (κ3) is 6.20. The van der Waals surface area contributed by atoms with Crippen LogP contribution in [0.4, 0.5) is 14.9 Å². The number of halogens is 1. The number of carbonyl (C=O) groups excluding carboxylic acids is 2. The first-order valence-electron chi connectivity index (χ1n) is 8.88. The number of benzene rings is 1. The number of hydrogen-bond acceptors (Lipinski definition) is 4. The number of carbonyl (C=O) groups is 2. The molecule has 1 N–H and O–H groups in total. The topological polar surface area (TPSA) is 61.9 Å². The van der Waals surface area contributed by atoms with Crippen molar-refractivity contribution in [1.82, 2.24) is 10.2 Å². The summed E-state index contributed by atoms with van der Waals surface area (Å²) in [6, 6.07) is 6.43. The number of anilines is 1. The molecular weight excluding hydrogens is 337 g/mol. The number of hydrogen-bond donors (Lipinski definition) is 1. The van der Waals surface area contributed by atoms with E-state index in [-0.39, 0.29) is 24.3 Å². The average molecular weight is 365 g/mol. The maximum atomic E-state index is 13.4. The summed E-state index contributed by atoms with van der Waals surface area (Å²) in [6.07, 6.45) is 1.23. The Labute approximate surface area is 154 Å². The first-order chi connectivity index (χ1) is 12.1. The average Bonchev–Trinajstić information content (AvgIpc) is 2.53. The van der Waals surface area contributed by atoms with Crippen LogP contribution < -0.4 is 10.2 Å². The second-order valence-electron chi connectivity index (χ2n) is 7.67. The van der Waals surface area contributed by atoms with E-state index in [1.165, 1.54) is 24.1 Å². The number of likely N-dealkylation sites (N-methyl/N-ethyl adjacent to an activating group) is 1. The van der Waals surface area contributed by atoms with Crippen LogP contribution in [0.15, 0.2) is 24.3 Å². The lowest BCUT2D eigenvalue weighted by atomic mass is 10.0. The van der Waals surface area contributed by atoms with Crippen molar-refractivity contribution in [2.24, 2.45) is 0 Å². The molecule has 0 aliphatic carbocycles. The van der Waals surface area contributed by atoms with Crippen molar-refractivity contribution in [3.8, 4) is 0 Å². The van der Waals surface area contributed by atoms with Gasteiger partial charge in [-0.3, -0.25) is 4.79 Å². The fourth-order valence-electron chi connectivity index (χ4n) is 2.90. The van der Waals surface area contributed by atoms with Crippen LogP contribution in [-0.4, -0.2) is 55.2 Å². The van der Waals surface area contributed by atoms with Crippen LogP contribution >= 0.6 is 0 Å². The van der Waals surface area contributed by atoms with Gasteiger partial charge in [-0.25, -0.2) is 9.18 Å². The summed E-state index contributed by atoms with van der Waals surface area (Å²) in [5.74, 6) is -0.503. The van der Waals surface area contributed by atoms with Crippen LogP contribution in [0, 0.1) is 5.82 Å². The zero-order chi connectivity index (χ0) is 19.3. The Morgan fingerprint density at radius 3 is 2.77 bits per heavy atom. The summed E-state index contributed by atoms with van der Waals surface area (Å²) in [5.41, 5.74) is 0.214. The predicted molar refractivity (Wildman–Crippen MR) is 98.6 cm³/mol. The van der Waals surface area contributed by atoms with Crippen molar-refractivity contribution in [3.05, 3.63) is 30.1 Å². The van der Waals surface area contributed by atoms with Gasteiger partial charge in [0.25, 0.3) is 0 Å². The molecule has 1 aliphatic heterocycles. The van der Waals surface area contributed by atoms with Crippen LogP contribution in [-0.2, 0) is 9.53 Å². The van der Waals surface area contributed by atoms with Gasteiger partial charge in [0.1, 0.15) is 18.0 Å². The highest BCUT2D eigenvalue weighted by atomic mass is 19.1. The van der Waals surface area contributed by atoms with Crippen LogP contribution in [0.1, 0.15) is 33.6 Å². The van der Waals surface area contributed by atoms with Gasteiger partial charge in [-0.2, -0.15) is 0 Å². The Hall–Kier alpha value is -2.31. The molecule has 1 aliphatic rings. The quantitative estimate of drug-likeness (QED) is 0.891. The smallest absolute Gasteiger partial charge is 0.410 e. The number of piperidine rings is 1. The lowest BCUT2D eigenvalue weighted by molar-refractivity contribution is -0.122. The molecule has 0 radical (unpaired) electrons. The van der Waals surface area contributed by atoms with Crippen LogP contribution in [0.2, 0.25) is 0 Å². The van der Waals surface area contributed by atoms with Gasteiger partial charge < -0.3 is 19.9 Å². The van der Waals surface area contributed by atoms with Crippen molar-refractivity contribution >= 4 is 17.7 Å². The molecule has 1 aromatic rings. The predicted octanol–water partition coefficient (Wildman–Crippen LogP) is 2.78. The fourth-order valence-corrected chi connectivity index (χ4v) is 2.90. The van der Waals surface area contributed by atoms with Gasteiger partial charge in [0.05, 0.1) is 0 Å². The fraction of sp³-hybridized carbons (Fsp3) is 0.579. The Kier molecular flexibility index (Phi) is 6.45. The molecule has 144 valence electrons. The second kappa shape index (κ2) is 8.38. The van der Waals surface area contributed by atoms with Crippen molar-refractivity contribution in [2.75, 3.05) is 31.6 Å². The van der Waals surface area contributed by atoms with Crippen LogP contribution in [0.3, 0.4) is 0 Å². The van der Waals surface area contributed by atoms with Gasteiger partial charge >= 0.3 is 6.09 Å². The molecule has 0 aromatic heterocycles. The Morgan fingerprint density at radius 1 is 1.38 bits per heavy atom. The highest BCUT2D eigenvalue weighted by molar-refractivity contribution is 5.82. The van der Waals surface area contributed by atoms with E-state index < -0.39 is 11.7 Å². The number of ether oxygens (including phenoxy) is 1. The van der Waals surface area contributed by atoms with Gasteiger partial charge in [0.2, 0.25) is 5.91 Å². The van der Waals surface area contributed by atoms with Crippen molar-refractivity contribution in [3.63, 3.8) is 0 Å². The third-order valence-corrected chi connectivity index (χ3v) is 4.05. The standard InChI is InChI=1S/C19H28FN3O3/c1-19(2,3)26-18(25)22(4)13-17(24)21-15-8-6-10-23(12-15)16-9-5-7-14(20)11-16/h5,7,9,11,15H,6,8,10,12-13H2,1-4H3,(H,21,24). The van der Waals surface area contributed by atoms with Gasteiger partial charge in [-0.1, -0.05) is 6.07 Å². The molecule has 1 heterocycles. The summed E-state index contributed by atoms with van der Waals surface area (Å²) < 4.78 is 18.7. The molecule has 2 rings (SSSR count). The first-order valence-corrected chi connectivity index (χ1v) is 8.88. The molecule has 26 heavy (non-hydrogen) atoms. The molecule has 1 fully saturated rings. The van der Waals surface area contributed by atoms with Crippen molar-refractivity contribution in [1.29, 1.82) is 0 Å². The first kappa shape index (κ1) is 20.0. The van der Waals surface area contributed by atoms with Crippen LogP contribution in [0.5, 0.6) is 0 Å². The van der Waals surface area contributed by atoms with Crippen LogP contribution in [0.25, 0.3) is 0 Å². The summed E-state index contributed by atoms with van der Waals surface area (Å²) in [7, 11) is 1.54. The molecular formula is C19H28FN3O3.